The summed E-state index contributed by atoms with van der Waals surface area (Å²) in [5.74, 6) is 1.06. The second kappa shape index (κ2) is 6.67. The summed E-state index contributed by atoms with van der Waals surface area (Å²) in [7, 11) is 0. The predicted molar refractivity (Wildman–Crippen MR) is 92.0 cm³/mol. The van der Waals surface area contributed by atoms with E-state index in [-0.39, 0.29) is 11.6 Å². The first kappa shape index (κ1) is 16.8. The zero-order valence-corrected chi connectivity index (χ0v) is 15.2. The standard InChI is InChI=1S/C17H27BrN2O/c1-5-20(6-2)17(3,4)15(19)11-13-10-14(18)9-12-7-8-21-16(12)13/h9-10,15H,5-8,11,19H2,1-4H3. The van der Waals surface area contributed by atoms with Crippen LogP contribution in [0.15, 0.2) is 16.6 Å². The van der Waals surface area contributed by atoms with Gasteiger partial charge in [-0.15, -0.1) is 0 Å². The van der Waals surface area contributed by atoms with E-state index in [1.54, 1.807) is 0 Å². The first-order valence-electron chi connectivity index (χ1n) is 7.84. The Morgan fingerprint density at radius 1 is 1.33 bits per heavy atom. The Kier molecular flexibility index (Phi) is 5.33. The van der Waals surface area contributed by atoms with Crippen molar-refractivity contribution in [2.24, 2.45) is 5.73 Å². The summed E-state index contributed by atoms with van der Waals surface area (Å²) >= 11 is 3.61. The molecule has 2 rings (SSSR count). The molecule has 1 aliphatic rings. The largest absolute Gasteiger partial charge is 0.493 e. The van der Waals surface area contributed by atoms with Gasteiger partial charge in [-0.3, -0.25) is 4.90 Å². The van der Waals surface area contributed by atoms with Gasteiger partial charge in [-0.05, 0) is 56.6 Å². The summed E-state index contributed by atoms with van der Waals surface area (Å²) in [6, 6.07) is 4.38. The van der Waals surface area contributed by atoms with E-state index in [9.17, 15) is 0 Å². The van der Waals surface area contributed by atoms with E-state index in [0.29, 0.717) is 0 Å². The van der Waals surface area contributed by atoms with Crippen LogP contribution in [-0.4, -0.2) is 36.2 Å². The minimum Gasteiger partial charge on any atom is -0.493 e. The molecule has 1 aromatic rings. The van der Waals surface area contributed by atoms with Gasteiger partial charge in [0.2, 0.25) is 0 Å². The number of hydrogen-bond acceptors (Lipinski definition) is 3. The third-order valence-electron chi connectivity index (χ3n) is 4.75. The quantitative estimate of drug-likeness (QED) is 0.850. The van der Waals surface area contributed by atoms with Crippen molar-refractivity contribution in [2.75, 3.05) is 19.7 Å². The molecule has 1 heterocycles. The normalized spacial score (nSPS) is 16.0. The number of fused-ring (bicyclic) bond motifs is 1. The highest BCUT2D eigenvalue weighted by Crippen LogP contribution is 2.34. The SMILES string of the molecule is CCN(CC)C(C)(C)C(N)Cc1cc(Br)cc2c1OCC2. The third kappa shape index (κ3) is 3.43. The fraction of sp³-hybridized carbons (Fsp3) is 0.647. The fourth-order valence-corrected chi connectivity index (χ4v) is 3.81. The van der Waals surface area contributed by atoms with Crippen LogP contribution in [0.5, 0.6) is 5.75 Å². The minimum atomic E-state index is -0.0305. The van der Waals surface area contributed by atoms with Gasteiger partial charge in [0.25, 0.3) is 0 Å². The third-order valence-corrected chi connectivity index (χ3v) is 5.21. The molecule has 0 radical (unpaired) electrons. The highest BCUT2D eigenvalue weighted by atomic mass is 79.9. The van der Waals surface area contributed by atoms with Gasteiger partial charge >= 0.3 is 0 Å². The zero-order chi connectivity index (χ0) is 15.6. The summed E-state index contributed by atoms with van der Waals surface area (Å²) < 4.78 is 6.94. The molecule has 0 fully saturated rings. The van der Waals surface area contributed by atoms with Crippen LogP contribution >= 0.6 is 15.9 Å². The number of likely N-dealkylation sites (N-methyl/N-ethyl adjacent to an activating group) is 1. The van der Waals surface area contributed by atoms with Crippen molar-refractivity contribution in [3.63, 3.8) is 0 Å². The molecule has 0 amide bonds. The first-order chi connectivity index (χ1) is 9.90. The maximum absolute atomic E-state index is 6.57. The van der Waals surface area contributed by atoms with E-state index in [0.717, 1.165) is 42.8 Å². The summed E-state index contributed by atoms with van der Waals surface area (Å²) in [6.07, 6.45) is 1.84. The van der Waals surface area contributed by atoms with Crippen molar-refractivity contribution in [3.8, 4) is 5.75 Å². The number of halogens is 1. The van der Waals surface area contributed by atoms with Gasteiger partial charge in [-0.25, -0.2) is 0 Å². The number of benzene rings is 1. The minimum absolute atomic E-state index is 0.0305. The molecule has 21 heavy (non-hydrogen) atoms. The second-order valence-electron chi connectivity index (χ2n) is 6.29. The van der Waals surface area contributed by atoms with Crippen LogP contribution in [-0.2, 0) is 12.8 Å². The number of nitrogens with two attached hydrogens (primary N) is 1. The lowest BCUT2D eigenvalue weighted by Crippen LogP contribution is -2.56. The van der Waals surface area contributed by atoms with E-state index in [4.69, 9.17) is 10.5 Å². The molecule has 4 heteroatoms. The maximum Gasteiger partial charge on any atom is 0.125 e. The molecule has 1 atom stereocenters. The highest BCUT2D eigenvalue weighted by Gasteiger charge is 2.32. The number of rotatable bonds is 6. The van der Waals surface area contributed by atoms with E-state index in [2.05, 4.69) is 60.7 Å². The Bertz CT molecular complexity index is 498. The Balaban J connectivity index is 2.22. The maximum atomic E-state index is 6.57. The van der Waals surface area contributed by atoms with Crippen LogP contribution in [0.2, 0.25) is 0 Å². The topological polar surface area (TPSA) is 38.5 Å². The number of nitrogens with zero attached hydrogens (tertiary/aromatic N) is 1. The number of hydrogen-bond donors (Lipinski definition) is 1. The summed E-state index contributed by atoms with van der Waals surface area (Å²) in [5.41, 5.74) is 9.06. The van der Waals surface area contributed by atoms with Gasteiger partial charge in [-0.2, -0.15) is 0 Å². The van der Waals surface area contributed by atoms with Crippen LogP contribution in [0, 0.1) is 0 Å². The van der Waals surface area contributed by atoms with E-state index >= 15 is 0 Å². The molecule has 2 N–H and O–H groups in total. The molecule has 1 aromatic carbocycles. The van der Waals surface area contributed by atoms with Crippen LogP contribution in [0.4, 0.5) is 0 Å². The summed E-state index contributed by atoms with van der Waals surface area (Å²) in [6.45, 7) is 11.7. The second-order valence-corrected chi connectivity index (χ2v) is 7.20. The lowest BCUT2D eigenvalue weighted by molar-refractivity contribution is 0.106. The highest BCUT2D eigenvalue weighted by molar-refractivity contribution is 9.10. The molecule has 3 nitrogen and oxygen atoms in total. The molecule has 0 aliphatic carbocycles. The molecule has 0 saturated heterocycles. The van der Waals surface area contributed by atoms with Crippen LogP contribution in [0.1, 0.15) is 38.8 Å². The molecule has 0 aromatic heterocycles. The average molecular weight is 355 g/mol. The van der Waals surface area contributed by atoms with E-state index in [1.807, 2.05) is 0 Å². The van der Waals surface area contributed by atoms with Gasteiger partial charge in [0, 0.05) is 22.5 Å². The van der Waals surface area contributed by atoms with E-state index < -0.39 is 0 Å². The van der Waals surface area contributed by atoms with Gasteiger partial charge in [-0.1, -0.05) is 29.8 Å². The predicted octanol–water partition coefficient (Wildman–Crippen LogP) is 3.37. The lowest BCUT2D eigenvalue weighted by Gasteiger charge is -2.42. The van der Waals surface area contributed by atoms with Crippen molar-refractivity contribution in [1.29, 1.82) is 0 Å². The van der Waals surface area contributed by atoms with Crippen molar-refractivity contribution in [2.45, 2.75) is 52.1 Å². The van der Waals surface area contributed by atoms with Gasteiger partial charge in [0.05, 0.1) is 6.61 Å². The Labute approximate surface area is 137 Å². The first-order valence-corrected chi connectivity index (χ1v) is 8.64. The van der Waals surface area contributed by atoms with Gasteiger partial charge in [0.1, 0.15) is 5.75 Å². The van der Waals surface area contributed by atoms with Crippen molar-refractivity contribution in [1.82, 2.24) is 4.90 Å². The van der Waals surface area contributed by atoms with Gasteiger partial charge < -0.3 is 10.5 Å². The molecule has 0 saturated carbocycles. The molecule has 0 bridgehead atoms. The van der Waals surface area contributed by atoms with Crippen LogP contribution < -0.4 is 10.5 Å². The Morgan fingerprint density at radius 3 is 2.62 bits per heavy atom. The van der Waals surface area contributed by atoms with Crippen molar-refractivity contribution < 1.29 is 4.74 Å². The Hall–Kier alpha value is -0.580. The molecule has 0 spiro atoms. The number of ether oxygens (including phenoxy) is 1. The average Bonchev–Trinajstić information content (AvgIpc) is 2.87. The lowest BCUT2D eigenvalue weighted by atomic mass is 9.87. The molecular weight excluding hydrogens is 328 g/mol. The molecular formula is C17H27BrN2O. The smallest absolute Gasteiger partial charge is 0.125 e. The van der Waals surface area contributed by atoms with Crippen molar-refractivity contribution >= 4 is 15.9 Å². The zero-order valence-electron chi connectivity index (χ0n) is 13.6. The van der Waals surface area contributed by atoms with E-state index in [1.165, 1.54) is 11.1 Å². The summed E-state index contributed by atoms with van der Waals surface area (Å²) in [4.78, 5) is 2.43. The fourth-order valence-electron chi connectivity index (χ4n) is 3.26. The van der Waals surface area contributed by atoms with Crippen LogP contribution in [0.3, 0.4) is 0 Å². The Morgan fingerprint density at radius 2 is 2.00 bits per heavy atom. The van der Waals surface area contributed by atoms with Crippen molar-refractivity contribution in [3.05, 3.63) is 27.7 Å². The summed E-state index contributed by atoms with van der Waals surface area (Å²) in [5, 5.41) is 0. The molecule has 118 valence electrons. The van der Waals surface area contributed by atoms with Gasteiger partial charge in [0.15, 0.2) is 0 Å². The molecule has 1 aliphatic heterocycles. The molecule has 1 unspecified atom stereocenters. The monoisotopic (exact) mass is 354 g/mol. The van der Waals surface area contributed by atoms with Crippen LogP contribution in [0.25, 0.3) is 0 Å².